The Morgan fingerprint density at radius 1 is 1.24 bits per heavy atom. The van der Waals surface area contributed by atoms with Crippen molar-refractivity contribution in [3.8, 4) is 0 Å². The Morgan fingerprint density at radius 3 is 2.71 bits per heavy atom. The average molecular weight is 307 g/mol. The molecule has 3 heterocycles. The first-order chi connectivity index (χ1) is 10.2. The van der Waals surface area contributed by atoms with Crippen LogP contribution in [0.1, 0.15) is 24.4 Å². The van der Waals surface area contributed by atoms with E-state index in [1.54, 1.807) is 0 Å². The number of piperidine rings is 1. The maximum absolute atomic E-state index is 5.95. The zero-order valence-corrected chi connectivity index (χ0v) is 13.6. The molecule has 114 valence electrons. The highest BCUT2D eigenvalue weighted by molar-refractivity contribution is 6.17. The van der Waals surface area contributed by atoms with Crippen LogP contribution in [0.4, 0.5) is 0 Å². The first-order valence-electron chi connectivity index (χ1n) is 7.74. The van der Waals surface area contributed by atoms with Gasteiger partial charge < -0.3 is 9.47 Å². The summed E-state index contributed by atoms with van der Waals surface area (Å²) in [5.41, 5.74) is 3.06. The zero-order valence-electron chi connectivity index (χ0n) is 12.8. The fourth-order valence-corrected chi connectivity index (χ4v) is 3.28. The van der Waals surface area contributed by atoms with Crippen molar-refractivity contribution in [3.05, 3.63) is 23.7 Å². The molecule has 5 heteroatoms. The number of pyridine rings is 1. The Labute approximate surface area is 131 Å². The van der Waals surface area contributed by atoms with Crippen molar-refractivity contribution in [3.63, 3.8) is 0 Å². The minimum absolute atomic E-state index is 0.607. The van der Waals surface area contributed by atoms with Gasteiger partial charge in [0.15, 0.2) is 5.65 Å². The third-order valence-corrected chi connectivity index (χ3v) is 4.60. The van der Waals surface area contributed by atoms with Gasteiger partial charge in [-0.3, -0.25) is 0 Å². The van der Waals surface area contributed by atoms with Crippen molar-refractivity contribution in [1.29, 1.82) is 0 Å². The Bertz CT molecular complexity index is 614. The van der Waals surface area contributed by atoms with E-state index in [1.807, 2.05) is 13.0 Å². The van der Waals surface area contributed by atoms with Crippen LogP contribution in [0.5, 0.6) is 0 Å². The second kappa shape index (κ2) is 6.32. The van der Waals surface area contributed by atoms with Gasteiger partial charge in [0.1, 0.15) is 11.3 Å². The van der Waals surface area contributed by atoms with Crippen molar-refractivity contribution in [2.24, 2.45) is 5.92 Å². The minimum Gasteiger partial charge on any atom is -0.312 e. The molecule has 21 heavy (non-hydrogen) atoms. The predicted molar refractivity (Wildman–Crippen MR) is 86.9 cm³/mol. The summed E-state index contributed by atoms with van der Waals surface area (Å²) in [6.07, 6.45) is 3.31. The standard InChI is InChI=1S/C16H23ClN4/c1-12-3-4-14-16(18-12)21(15(19-14)5-8-17)11-13-6-9-20(2)10-7-13/h3-4,13H,5-11H2,1-2H3. The lowest BCUT2D eigenvalue weighted by Crippen LogP contribution is -2.32. The summed E-state index contributed by atoms with van der Waals surface area (Å²) in [7, 11) is 2.20. The molecule has 0 aliphatic carbocycles. The summed E-state index contributed by atoms with van der Waals surface area (Å²) in [4.78, 5) is 11.8. The molecule has 0 bridgehead atoms. The lowest BCUT2D eigenvalue weighted by Gasteiger charge is -2.29. The molecule has 0 atom stereocenters. The monoisotopic (exact) mass is 306 g/mol. The molecule has 0 aromatic carbocycles. The summed E-state index contributed by atoms with van der Waals surface area (Å²) < 4.78 is 2.31. The number of imidazole rings is 1. The number of aryl methyl sites for hydroxylation is 2. The van der Waals surface area contributed by atoms with Crippen LogP contribution in [0.25, 0.3) is 11.2 Å². The number of hydrogen-bond donors (Lipinski definition) is 0. The van der Waals surface area contributed by atoms with Crippen LogP contribution in [0.15, 0.2) is 12.1 Å². The van der Waals surface area contributed by atoms with Gasteiger partial charge in [-0.2, -0.15) is 0 Å². The third kappa shape index (κ3) is 3.22. The highest BCUT2D eigenvalue weighted by Gasteiger charge is 2.20. The average Bonchev–Trinajstić information content (AvgIpc) is 2.79. The molecule has 4 nitrogen and oxygen atoms in total. The third-order valence-electron chi connectivity index (χ3n) is 4.41. The first kappa shape index (κ1) is 14.8. The summed E-state index contributed by atoms with van der Waals surface area (Å²) in [5.74, 6) is 2.41. The van der Waals surface area contributed by atoms with Gasteiger partial charge in [0, 0.05) is 24.5 Å². The summed E-state index contributed by atoms with van der Waals surface area (Å²) >= 11 is 5.95. The smallest absolute Gasteiger partial charge is 0.160 e. The van der Waals surface area contributed by atoms with Gasteiger partial charge >= 0.3 is 0 Å². The van der Waals surface area contributed by atoms with Crippen LogP contribution >= 0.6 is 11.6 Å². The van der Waals surface area contributed by atoms with Crippen LogP contribution in [-0.2, 0) is 13.0 Å². The van der Waals surface area contributed by atoms with Gasteiger partial charge in [-0.1, -0.05) is 0 Å². The van der Waals surface area contributed by atoms with Gasteiger partial charge in [0.25, 0.3) is 0 Å². The van der Waals surface area contributed by atoms with Crippen LogP contribution in [0.2, 0.25) is 0 Å². The van der Waals surface area contributed by atoms with Crippen LogP contribution < -0.4 is 0 Å². The highest BCUT2D eigenvalue weighted by atomic mass is 35.5. The topological polar surface area (TPSA) is 34.0 Å². The van der Waals surface area contributed by atoms with Gasteiger partial charge in [0.2, 0.25) is 0 Å². The van der Waals surface area contributed by atoms with E-state index in [1.165, 1.54) is 25.9 Å². The van der Waals surface area contributed by atoms with Gasteiger partial charge in [-0.25, -0.2) is 9.97 Å². The molecule has 0 spiro atoms. The Balaban J connectivity index is 1.91. The molecule has 0 saturated carbocycles. The lowest BCUT2D eigenvalue weighted by molar-refractivity contribution is 0.205. The molecular weight excluding hydrogens is 284 g/mol. The largest absolute Gasteiger partial charge is 0.312 e. The van der Waals surface area contributed by atoms with Gasteiger partial charge in [0.05, 0.1) is 0 Å². The van der Waals surface area contributed by atoms with Crippen molar-refractivity contribution in [2.45, 2.75) is 32.7 Å². The fraction of sp³-hybridized carbons (Fsp3) is 0.625. The van der Waals surface area contributed by atoms with E-state index < -0.39 is 0 Å². The number of halogens is 1. The van der Waals surface area contributed by atoms with Crippen LogP contribution in [0, 0.1) is 12.8 Å². The Kier molecular flexibility index (Phi) is 4.45. The van der Waals surface area contributed by atoms with E-state index in [2.05, 4.69) is 22.6 Å². The molecule has 0 N–H and O–H groups in total. The quantitative estimate of drug-likeness (QED) is 0.815. The van der Waals surface area contributed by atoms with E-state index >= 15 is 0 Å². The summed E-state index contributed by atoms with van der Waals surface area (Å²) in [6.45, 7) is 5.43. The van der Waals surface area contributed by atoms with Crippen molar-refractivity contribution >= 4 is 22.8 Å². The van der Waals surface area contributed by atoms with E-state index in [4.69, 9.17) is 21.6 Å². The number of hydrogen-bond acceptors (Lipinski definition) is 3. The molecular formula is C16H23ClN4. The second-order valence-electron chi connectivity index (χ2n) is 6.12. The maximum atomic E-state index is 5.95. The van der Waals surface area contributed by atoms with E-state index in [-0.39, 0.29) is 0 Å². The Morgan fingerprint density at radius 2 is 2.00 bits per heavy atom. The molecule has 0 unspecified atom stereocenters. The number of fused-ring (bicyclic) bond motifs is 1. The maximum Gasteiger partial charge on any atom is 0.160 e. The summed E-state index contributed by atoms with van der Waals surface area (Å²) in [5, 5.41) is 0. The molecule has 1 aliphatic heterocycles. The Hall–Kier alpha value is -1.13. The van der Waals surface area contributed by atoms with Gasteiger partial charge in [-0.15, -0.1) is 11.6 Å². The van der Waals surface area contributed by atoms with E-state index in [9.17, 15) is 0 Å². The second-order valence-corrected chi connectivity index (χ2v) is 6.50. The number of nitrogens with zero attached hydrogens (tertiary/aromatic N) is 4. The molecule has 1 aliphatic rings. The van der Waals surface area contributed by atoms with Crippen molar-refractivity contribution < 1.29 is 0 Å². The molecule has 1 fully saturated rings. The SMILES string of the molecule is Cc1ccc2nc(CCCl)n(CC3CCN(C)CC3)c2n1. The van der Waals surface area contributed by atoms with Crippen LogP contribution in [0.3, 0.4) is 0 Å². The van der Waals surface area contributed by atoms with Crippen molar-refractivity contribution in [2.75, 3.05) is 26.0 Å². The lowest BCUT2D eigenvalue weighted by atomic mass is 9.97. The van der Waals surface area contributed by atoms with Crippen molar-refractivity contribution in [1.82, 2.24) is 19.4 Å². The molecule has 3 rings (SSSR count). The summed E-state index contributed by atoms with van der Waals surface area (Å²) in [6, 6.07) is 4.10. The van der Waals surface area contributed by atoms with Crippen LogP contribution in [-0.4, -0.2) is 45.5 Å². The molecule has 0 radical (unpaired) electrons. The molecule has 2 aromatic heterocycles. The van der Waals surface area contributed by atoms with E-state index in [0.717, 1.165) is 41.6 Å². The predicted octanol–water partition coefficient (Wildman–Crippen LogP) is 2.86. The number of rotatable bonds is 4. The first-order valence-corrected chi connectivity index (χ1v) is 8.28. The number of alkyl halides is 1. The minimum atomic E-state index is 0.607. The normalized spacial score (nSPS) is 17.7. The highest BCUT2D eigenvalue weighted by Crippen LogP contribution is 2.23. The molecule has 0 amide bonds. The molecule has 1 saturated heterocycles. The zero-order chi connectivity index (χ0) is 14.8. The molecule has 2 aromatic rings. The van der Waals surface area contributed by atoms with Gasteiger partial charge in [-0.05, 0) is 58.0 Å². The van der Waals surface area contributed by atoms with E-state index in [0.29, 0.717) is 5.88 Å². The number of likely N-dealkylation sites (tertiary alicyclic amines) is 1. The fourth-order valence-electron chi connectivity index (χ4n) is 3.11. The number of aromatic nitrogens is 3.